The number of carboxylic acids is 1. The average molecular weight is 578 g/mol. The molecule has 12 heteroatoms. The van der Waals surface area contributed by atoms with E-state index < -0.39 is 12.1 Å². The summed E-state index contributed by atoms with van der Waals surface area (Å²) in [5.41, 5.74) is 8.80. The number of aromatic nitrogens is 2. The van der Waals surface area contributed by atoms with Gasteiger partial charge in [-0.25, -0.2) is 14.8 Å². The minimum absolute atomic E-state index is 0.00674. The summed E-state index contributed by atoms with van der Waals surface area (Å²) in [7, 11) is 0. The number of halogens is 3. The van der Waals surface area contributed by atoms with Gasteiger partial charge in [0.2, 0.25) is 5.95 Å². The minimum Gasteiger partial charge on any atom is -0.486 e. The van der Waals surface area contributed by atoms with Crippen molar-refractivity contribution in [3.8, 4) is 5.75 Å². The van der Waals surface area contributed by atoms with Crippen LogP contribution in [-0.2, 0) is 16.8 Å². The Morgan fingerprint density at radius 2 is 1.61 bits per heavy atom. The smallest absolute Gasteiger partial charge is 0.486 e. The van der Waals surface area contributed by atoms with E-state index in [1.807, 2.05) is 4.90 Å². The predicted molar refractivity (Wildman–Crippen MR) is 146 cm³/mol. The van der Waals surface area contributed by atoms with Gasteiger partial charge in [-0.15, -0.1) is 0 Å². The van der Waals surface area contributed by atoms with Crippen LogP contribution >= 0.6 is 0 Å². The summed E-state index contributed by atoms with van der Waals surface area (Å²) in [6, 6.07) is 8.28. The van der Waals surface area contributed by atoms with Gasteiger partial charge in [0.1, 0.15) is 17.0 Å². The molecule has 0 saturated carbocycles. The van der Waals surface area contributed by atoms with E-state index in [0.29, 0.717) is 11.1 Å². The van der Waals surface area contributed by atoms with E-state index in [0.717, 1.165) is 51.3 Å². The number of hydrogen-bond acceptors (Lipinski definition) is 7. The molecule has 0 radical (unpaired) electrons. The maximum Gasteiger partial charge on any atom is 0.490 e. The number of rotatable bonds is 3. The number of likely N-dealkylation sites (tertiary alicyclic amines) is 2. The molecule has 3 aliphatic heterocycles. The Balaban J connectivity index is 0.000000493. The van der Waals surface area contributed by atoms with Crippen LogP contribution in [0.15, 0.2) is 30.5 Å². The van der Waals surface area contributed by atoms with E-state index in [1.165, 1.54) is 24.0 Å². The first-order chi connectivity index (χ1) is 19.0. The number of benzene rings is 1. The van der Waals surface area contributed by atoms with Crippen molar-refractivity contribution in [2.24, 2.45) is 5.41 Å². The van der Waals surface area contributed by atoms with E-state index >= 15 is 0 Å². The van der Waals surface area contributed by atoms with E-state index in [-0.39, 0.29) is 22.9 Å². The minimum atomic E-state index is -5.08. The van der Waals surface area contributed by atoms with Crippen LogP contribution in [0.1, 0.15) is 75.0 Å². The summed E-state index contributed by atoms with van der Waals surface area (Å²) in [4.78, 5) is 34.2. The highest BCUT2D eigenvalue weighted by Crippen LogP contribution is 2.50. The summed E-state index contributed by atoms with van der Waals surface area (Å²) >= 11 is 0. The Hall–Kier alpha value is -3.41. The number of nitrogens with zero attached hydrogens (tertiary/aromatic N) is 4. The number of carboxylic acid groups (broad SMARTS) is 1. The van der Waals surface area contributed by atoms with Gasteiger partial charge in [-0.1, -0.05) is 32.0 Å². The maximum absolute atomic E-state index is 12.8. The molecule has 0 atom stereocenters. The van der Waals surface area contributed by atoms with Gasteiger partial charge in [-0.2, -0.15) is 13.2 Å². The Kier molecular flexibility index (Phi) is 8.28. The number of hydrogen-bond donors (Lipinski definition) is 2. The molecule has 2 saturated heterocycles. The molecule has 3 aliphatic rings. The van der Waals surface area contributed by atoms with Crippen LogP contribution in [0.5, 0.6) is 5.75 Å². The number of alkyl halides is 3. The molecule has 224 valence electrons. The number of amides is 1. The van der Waals surface area contributed by atoms with Gasteiger partial charge in [0, 0.05) is 42.4 Å². The summed E-state index contributed by atoms with van der Waals surface area (Å²) in [5, 5.41) is 7.12. The van der Waals surface area contributed by atoms with Crippen LogP contribution in [0.2, 0.25) is 0 Å². The lowest BCUT2D eigenvalue weighted by Crippen LogP contribution is -2.48. The molecule has 0 aliphatic carbocycles. The van der Waals surface area contributed by atoms with E-state index in [1.54, 1.807) is 12.3 Å². The second-order valence-electron chi connectivity index (χ2n) is 12.2. The van der Waals surface area contributed by atoms with Crippen molar-refractivity contribution in [1.29, 1.82) is 0 Å². The van der Waals surface area contributed by atoms with Crippen molar-refractivity contribution in [3.63, 3.8) is 0 Å². The number of nitrogens with two attached hydrogens (primary N) is 1. The van der Waals surface area contributed by atoms with Crippen molar-refractivity contribution in [1.82, 2.24) is 19.8 Å². The standard InChI is InChI=1S/C27H37N5O2.C2HF3O2/c1-25(2)20-7-5-6-19(22(20)34-26(25,3)4)18-31-14-9-27(10-15-31)11-16-32(17-12-27)23(33)21-8-13-29-24(28)30-21;3-2(4,5)1(6)7/h5-8,13H,9-12,14-18H2,1-4H3,(H2,28,29,30);(H,6,7). The van der Waals surface area contributed by atoms with Gasteiger partial charge >= 0.3 is 12.1 Å². The molecule has 2 aromatic rings. The quantitative estimate of drug-likeness (QED) is 0.540. The number of carbonyl (C=O) groups excluding carboxylic acids is 1. The third-order valence-electron chi connectivity index (χ3n) is 9.19. The molecule has 41 heavy (non-hydrogen) atoms. The average Bonchev–Trinajstić information content (AvgIpc) is 3.09. The SMILES string of the molecule is CC1(C)Oc2c(CN3CCC4(CC3)CCN(C(=O)c3ccnc(N)n3)CC4)cccc2C1(C)C.O=C(O)C(F)(F)F. The van der Waals surface area contributed by atoms with Crippen LogP contribution in [-0.4, -0.2) is 74.7 Å². The number of aliphatic carboxylic acids is 1. The van der Waals surface area contributed by atoms with Gasteiger partial charge in [0.05, 0.1) is 0 Å². The second kappa shape index (κ2) is 11.1. The van der Waals surface area contributed by atoms with Gasteiger partial charge < -0.3 is 20.5 Å². The third kappa shape index (κ3) is 6.42. The Morgan fingerprint density at radius 1 is 1.02 bits per heavy atom. The Labute approximate surface area is 237 Å². The molecule has 1 spiro atoms. The number of para-hydroxylation sites is 1. The first kappa shape index (κ1) is 30.5. The van der Waals surface area contributed by atoms with Crippen molar-refractivity contribution in [2.75, 3.05) is 31.9 Å². The zero-order valence-electron chi connectivity index (χ0n) is 23.9. The molecule has 5 rings (SSSR count). The van der Waals surface area contributed by atoms with Gasteiger partial charge in [0.25, 0.3) is 5.91 Å². The Morgan fingerprint density at radius 3 is 2.17 bits per heavy atom. The van der Waals surface area contributed by atoms with E-state index in [2.05, 4.69) is 60.8 Å². The molecular weight excluding hydrogens is 539 g/mol. The lowest BCUT2D eigenvalue weighted by molar-refractivity contribution is -0.192. The van der Waals surface area contributed by atoms with Crippen molar-refractivity contribution in [3.05, 3.63) is 47.3 Å². The summed E-state index contributed by atoms with van der Waals surface area (Å²) in [6.07, 6.45) is 0.940. The Bertz CT molecular complexity index is 1280. The fraction of sp³-hybridized carbons (Fsp3) is 0.586. The fourth-order valence-electron chi connectivity index (χ4n) is 5.79. The summed E-state index contributed by atoms with van der Waals surface area (Å²) in [5.74, 6) is -1.55. The number of carbonyl (C=O) groups is 2. The molecule has 0 bridgehead atoms. The molecule has 3 N–H and O–H groups in total. The number of fused-ring (bicyclic) bond motifs is 1. The summed E-state index contributed by atoms with van der Waals surface area (Å²) < 4.78 is 38.2. The largest absolute Gasteiger partial charge is 0.490 e. The second-order valence-corrected chi connectivity index (χ2v) is 12.2. The van der Waals surface area contributed by atoms with Gasteiger partial charge in [0.15, 0.2) is 0 Å². The molecule has 2 fully saturated rings. The monoisotopic (exact) mass is 577 g/mol. The van der Waals surface area contributed by atoms with Crippen LogP contribution in [0.4, 0.5) is 19.1 Å². The lowest BCUT2D eigenvalue weighted by atomic mass is 9.71. The predicted octanol–water partition coefficient (Wildman–Crippen LogP) is 4.66. The first-order valence-corrected chi connectivity index (χ1v) is 13.8. The van der Waals surface area contributed by atoms with Crippen molar-refractivity contribution < 1.29 is 32.6 Å². The van der Waals surface area contributed by atoms with Crippen molar-refractivity contribution >= 4 is 17.8 Å². The normalized spacial score (nSPS) is 20.9. The van der Waals surface area contributed by atoms with Crippen LogP contribution in [0.25, 0.3) is 0 Å². The van der Waals surface area contributed by atoms with Crippen LogP contribution < -0.4 is 10.5 Å². The van der Waals surface area contributed by atoms with Gasteiger partial charge in [-0.3, -0.25) is 9.69 Å². The molecule has 1 aromatic carbocycles. The van der Waals surface area contributed by atoms with Gasteiger partial charge in [-0.05, 0) is 64.1 Å². The number of anilines is 1. The molecule has 9 nitrogen and oxygen atoms in total. The zero-order valence-corrected chi connectivity index (χ0v) is 23.9. The fourth-order valence-corrected chi connectivity index (χ4v) is 5.79. The third-order valence-corrected chi connectivity index (χ3v) is 9.19. The highest BCUT2D eigenvalue weighted by Gasteiger charge is 2.49. The van der Waals surface area contributed by atoms with E-state index in [4.69, 9.17) is 20.4 Å². The number of ether oxygens (including phenoxy) is 1. The molecule has 1 amide bonds. The lowest BCUT2D eigenvalue weighted by Gasteiger charge is -2.47. The van der Waals surface area contributed by atoms with E-state index in [9.17, 15) is 18.0 Å². The topological polar surface area (TPSA) is 122 Å². The molecular formula is C29H38F3N5O4. The maximum atomic E-state index is 12.8. The van der Waals surface area contributed by atoms with Crippen molar-refractivity contribution in [2.45, 2.75) is 77.1 Å². The highest BCUT2D eigenvalue weighted by molar-refractivity contribution is 5.92. The number of nitrogen functional groups attached to an aromatic ring is 1. The zero-order chi connectivity index (χ0) is 30.2. The molecule has 4 heterocycles. The molecule has 0 unspecified atom stereocenters. The first-order valence-electron chi connectivity index (χ1n) is 13.8. The van der Waals surface area contributed by atoms with Crippen LogP contribution in [0.3, 0.4) is 0 Å². The highest BCUT2D eigenvalue weighted by atomic mass is 19.4. The number of piperidine rings is 2. The van der Waals surface area contributed by atoms with Crippen LogP contribution in [0, 0.1) is 5.41 Å². The summed E-state index contributed by atoms with van der Waals surface area (Å²) in [6.45, 7) is 13.6. The molecule has 1 aromatic heterocycles.